The monoisotopic (exact) mass is 958 g/mol. The molecule has 0 saturated carbocycles. The number of piperidine rings is 3. The second-order valence-electron chi connectivity index (χ2n) is 22.9. The number of rotatable bonds is 8. The van der Waals surface area contributed by atoms with E-state index in [1.165, 1.54) is 174 Å². The molecule has 0 aliphatic carbocycles. The van der Waals surface area contributed by atoms with Crippen LogP contribution in [0.4, 0.5) is 0 Å². The molecule has 6 fully saturated rings. The van der Waals surface area contributed by atoms with Crippen molar-refractivity contribution in [3.8, 4) is 0 Å². The lowest BCUT2D eigenvalue weighted by molar-refractivity contribution is -0.894. The average Bonchev–Trinajstić information content (AvgIpc) is 3.25. The third-order valence-corrected chi connectivity index (χ3v) is 15.0. The highest BCUT2D eigenvalue weighted by atomic mass is 15.4. The Morgan fingerprint density at radius 3 is 0.791 bits per heavy atom. The summed E-state index contributed by atoms with van der Waals surface area (Å²) in [4.78, 5) is 22.6. The van der Waals surface area contributed by atoms with Crippen molar-refractivity contribution in [3.05, 3.63) is 0 Å². The summed E-state index contributed by atoms with van der Waals surface area (Å²) < 4.78 is 1.20. The minimum Gasteiger partial charge on any atom is -0.326 e. The van der Waals surface area contributed by atoms with E-state index in [4.69, 9.17) is 0 Å². The molecule has 0 spiro atoms. The highest BCUT2D eigenvalue weighted by Gasteiger charge is 2.26. The van der Waals surface area contributed by atoms with Gasteiger partial charge in [-0.05, 0) is 196 Å². The van der Waals surface area contributed by atoms with E-state index >= 15 is 0 Å². The summed E-state index contributed by atoms with van der Waals surface area (Å²) in [6, 6.07) is 5.99. The fraction of sp³-hybridized carbons (Fsp3) is 1.00. The first kappa shape index (κ1) is 73.1. The molecule has 0 radical (unpaired) electrons. The zero-order valence-electron chi connectivity index (χ0n) is 46.5. The van der Waals surface area contributed by atoms with E-state index in [1.54, 1.807) is 0 Å². The van der Waals surface area contributed by atoms with Crippen LogP contribution in [-0.4, -0.2) is 250 Å². The maximum absolute atomic E-state index is 2.57. The summed E-state index contributed by atoms with van der Waals surface area (Å²) in [5.74, 6) is 0. The summed E-state index contributed by atoms with van der Waals surface area (Å²) in [7, 11) is 11.2. The molecule has 67 heavy (non-hydrogen) atoms. The molecule has 0 bridgehead atoms. The maximum atomic E-state index is 2.57. The fourth-order valence-corrected chi connectivity index (χ4v) is 9.43. The minimum absolute atomic E-state index is 0. The molecule has 0 unspecified atom stereocenters. The molecule has 0 amide bonds. The SMILES string of the molecule is C.C.C.C.CC(C)N1CCC(N(C)C)CC1.CC(C)N1CCCCC1.CC(C)N1CCCCC1.CC(C)N1CCN(C(C)C)CC1.CC(C)N1CCN(C)CC1.CC(C)N1CC[N+](C)(C)CC1. The Hall–Kier alpha value is -0.400. The molecule has 0 atom stereocenters. The van der Waals surface area contributed by atoms with Crippen LogP contribution in [0.1, 0.15) is 178 Å². The topological polar surface area (TPSA) is 29.2 Å². The largest absolute Gasteiger partial charge is 0.326 e. The van der Waals surface area contributed by atoms with Gasteiger partial charge in [-0.3, -0.25) is 19.6 Å². The second-order valence-corrected chi connectivity index (χ2v) is 22.9. The third-order valence-electron chi connectivity index (χ3n) is 15.0. The Balaban J connectivity index is -0.000000352. The molecule has 6 aliphatic rings. The number of likely N-dealkylation sites (tertiary alicyclic amines) is 3. The summed E-state index contributed by atoms with van der Waals surface area (Å²) in [6.45, 7) is 54.9. The molecule has 0 aromatic rings. The van der Waals surface area contributed by atoms with E-state index in [2.05, 4.69) is 176 Å². The first-order chi connectivity index (χ1) is 29.5. The molecule has 10 nitrogen and oxygen atoms in total. The molecule has 10 heteroatoms. The zero-order valence-corrected chi connectivity index (χ0v) is 46.5. The molecule has 6 rings (SSSR count). The zero-order chi connectivity index (χ0) is 47.7. The molecular weight excluding hydrogens is 825 g/mol. The number of hydrogen-bond donors (Lipinski definition) is 0. The molecule has 0 N–H and O–H groups in total. The Kier molecular flexibility index (Phi) is 43.8. The van der Waals surface area contributed by atoms with Crippen LogP contribution in [0.2, 0.25) is 0 Å². The molecule has 6 aliphatic heterocycles. The molecule has 6 saturated heterocycles. The van der Waals surface area contributed by atoms with E-state index in [0.717, 1.165) is 48.3 Å². The van der Waals surface area contributed by atoms with Crippen molar-refractivity contribution in [1.29, 1.82) is 0 Å². The van der Waals surface area contributed by atoms with Gasteiger partial charge < -0.3 is 29.0 Å². The van der Waals surface area contributed by atoms with E-state index < -0.39 is 0 Å². The van der Waals surface area contributed by atoms with E-state index in [-0.39, 0.29) is 29.7 Å². The third kappa shape index (κ3) is 33.1. The highest BCUT2D eigenvalue weighted by molar-refractivity contribution is 4.79. The number of piperazine rings is 3. The summed E-state index contributed by atoms with van der Waals surface area (Å²) in [5.41, 5.74) is 0. The van der Waals surface area contributed by atoms with Gasteiger partial charge in [0.15, 0.2) is 0 Å². The predicted molar refractivity (Wildman–Crippen MR) is 308 cm³/mol. The lowest BCUT2D eigenvalue weighted by Gasteiger charge is -2.40. The van der Waals surface area contributed by atoms with Crippen LogP contribution in [0, 0.1) is 0 Å². The van der Waals surface area contributed by atoms with E-state index in [1.807, 2.05) is 0 Å². The molecule has 0 aromatic carbocycles. The van der Waals surface area contributed by atoms with Crippen LogP contribution >= 0.6 is 0 Å². The van der Waals surface area contributed by atoms with Crippen molar-refractivity contribution >= 4 is 0 Å². The summed E-state index contributed by atoms with van der Waals surface area (Å²) >= 11 is 0. The summed E-state index contributed by atoms with van der Waals surface area (Å²) in [6.07, 6.45) is 11.2. The van der Waals surface area contributed by atoms with Gasteiger partial charge in [0.25, 0.3) is 0 Å². The molecule has 0 aromatic heterocycles. The van der Waals surface area contributed by atoms with Gasteiger partial charge in [0.1, 0.15) is 0 Å². The van der Waals surface area contributed by atoms with Crippen molar-refractivity contribution < 1.29 is 4.48 Å². The van der Waals surface area contributed by atoms with Crippen LogP contribution in [0.25, 0.3) is 0 Å². The standard InChI is InChI=1S/2C10H22N2.C9H21N2.C8H18N2.2C8H17N.4CH4/c1-9(2)12-7-5-10(6-8-12)11(3)4;1-9(2)11-5-7-12(8-6-11)10(3)4;1-9(2)10-5-7-11(3,4)8-6-10;1-8(2)10-6-4-9(3)5-7-10;2*1-8(2)9-6-4-3-5-7-9;;;;/h2*9-10H,5-8H2,1-4H3;9H,5-8H2,1-4H3;8H,4-7H2,1-3H3;2*8H,3-7H2,1-2H3;4*1H4/q;;+1;;;;;;;. The first-order valence-corrected chi connectivity index (χ1v) is 26.9. The van der Waals surface area contributed by atoms with E-state index in [9.17, 15) is 0 Å². The van der Waals surface area contributed by atoms with Crippen LogP contribution < -0.4 is 0 Å². The van der Waals surface area contributed by atoms with Crippen molar-refractivity contribution in [1.82, 2.24) is 44.1 Å². The van der Waals surface area contributed by atoms with Crippen molar-refractivity contribution in [2.24, 2.45) is 0 Å². The van der Waals surface area contributed by atoms with Gasteiger partial charge in [-0.2, -0.15) is 0 Å². The summed E-state index contributed by atoms with van der Waals surface area (Å²) in [5, 5.41) is 0. The molecule has 410 valence electrons. The number of quaternary nitrogens is 1. The van der Waals surface area contributed by atoms with Gasteiger partial charge >= 0.3 is 0 Å². The average molecular weight is 959 g/mol. The smallest absolute Gasteiger partial charge is 0.0912 e. The van der Waals surface area contributed by atoms with Crippen molar-refractivity contribution in [2.75, 3.05) is 153 Å². The maximum Gasteiger partial charge on any atom is 0.0912 e. The van der Waals surface area contributed by atoms with Crippen LogP contribution in [0.3, 0.4) is 0 Å². The van der Waals surface area contributed by atoms with Gasteiger partial charge in [-0.15, -0.1) is 0 Å². The van der Waals surface area contributed by atoms with Crippen LogP contribution in [-0.2, 0) is 0 Å². The number of nitrogens with zero attached hydrogens (tertiary/aromatic N) is 10. The van der Waals surface area contributed by atoms with Crippen LogP contribution in [0.5, 0.6) is 0 Å². The first-order valence-electron chi connectivity index (χ1n) is 26.9. The van der Waals surface area contributed by atoms with Crippen molar-refractivity contribution in [3.63, 3.8) is 0 Å². The normalized spacial score (nSPS) is 22.1. The van der Waals surface area contributed by atoms with Crippen LogP contribution in [0.15, 0.2) is 0 Å². The number of hydrogen-bond acceptors (Lipinski definition) is 9. The predicted octanol–water partition coefficient (Wildman–Crippen LogP) is 10.6. The lowest BCUT2D eigenvalue weighted by Crippen LogP contribution is -2.56. The highest BCUT2D eigenvalue weighted by Crippen LogP contribution is 2.16. The number of likely N-dealkylation sites (N-methyl/N-ethyl adjacent to an activating group) is 2. The Morgan fingerprint density at radius 1 is 0.328 bits per heavy atom. The lowest BCUT2D eigenvalue weighted by atomic mass is 10.0. The van der Waals surface area contributed by atoms with Gasteiger partial charge in [0, 0.05) is 114 Å². The Labute approximate surface area is 426 Å². The fourth-order valence-electron chi connectivity index (χ4n) is 9.43. The molecular formula is C57H133N10+. The minimum atomic E-state index is 0. The van der Waals surface area contributed by atoms with Gasteiger partial charge in [0.2, 0.25) is 0 Å². The Morgan fingerprint density at radius 2 is 0.552 bits per heavy atom. The van der Waals surface area contributed by atoms with E-state index in [0.29, 0.717) is 0 Å². The quantitative estimate of drug-likeness (QED) is 0.221. The Bertz CT molecular complexity index is 947. The van der Waals surface area contributed by atoms with Gasteiger partial charge in [-0.25, -0.2) is 0 Å². The second kappa shape index (κ2) is 40.1. The van der Waals surface area contributed by atoms with Gasteiger partial charge in [0.05, 0.1) is 27.2 Å². The van der Waals surface area contributed by atoms with Gasteiger partial charge in [-0.1, -0.05) is 42.5 Å². The molecule has 6 heterocycles. The van der Waals surface area contributed by atoms with Crippen molar-refractivity contribution in [2.45, 2.75) is 226 Å².